The molecule has 10 rings (SSSR count). The van der Waals surface area contributed by atoms with Gasteiger partial charge in [-0.15, -0.1) is 17.7 Å². The minimum Gasteiger partial charge on any atom is -0.486 e. The van der Waals surface area contributed by atoms with Gasteiger partial charge >= 0.3 is 148 Å². The van der Waals surface area contributed by atoms with Crippen molar-refractivity contribution in [2.24, 2.45) is 0 Å². The zero-order chi connectivity index (χ0) is 46.5. The van der Waals surface area contributed by atoms with Gasteiger partial charge in [-0.3, -0.25) is 9.97 Å². The molecule has 67 heavy (non-hydrogen) atoms. The Kier molecular flexibility index (Phi) is 13.4. The molecule has 0 fully saturated rings. The summed E-state index contributed by atoms with van der Waals surface area (Å²) in [6.45, 7) is 17.3. The molecule has 5 aromatic carbocycles. The van der Waals surface area contributed by atoms with Crippen molar-refractivity contribution in [1.82, 2.24) is 24.5 Å². The molecule has 1 radical (unpaired) electrons. The maximum Gasteiger partial charge on any atom is 0.216 e. The molecule has 0 spiro atoms. The first-order valence-corrected chi connectivity index (χ1v) is 30.2. The van der Waals surface area contributed by atoms with Crippen LogP contribution in [0.3, 0.4) is 0 Å². The summed E-state index contributed by atoms with van der Waals surface area (Å²) in [5, 5.41) is 2.03. The number of aryl methyl sites for hydroxylation is 4. The fourth-order valence-corrected chi connectivity index (χ4v) is 12.5. The molecule has 0 amide bonds. The van der Waals surface area contributed by atoms with Crippen LogP contribution in [0, 0.1) is 39.8 Å². The summed E-state index contributed by atoms with van der Waals surface area (Å²) in [4.78, 5) is 19.6. The van der Waals surface area contributed by atoms with Gasteiger partial charge in [-0.05, 0) is 73.2 Å². The van der Waals surface area contributed by atoms with Gasteiger partial charge in [0.05, 0.1) is 34.3 Å². The molecule has 339 valence electrons. The largest absolute Gasteiger partial charge is 0.486 e. The van der Waals surface area contributed by atoms with Crippen LogP contribution in [0.1, 0.15) is 72.7 Å². The van der Waals surface area contributed by atoms with Gasteiger partial charge in [0.15, 0.2) is 0 Å². The average molecular weight is 1120 g/mol. The molecule has 0 aliphatic rings. The maximum absolute atomic E-state index is 6.62. The van der Waals surface area contributed by atoms with Gasteiger partial charge in [0.25, 0.3) is 0 Å². The Balaban J connectivity index is 0.000000208. The smallest absolute Gasteiger partial charge is 0.216 e. The summed E-state index contributed by atoms with van der Waals surface area (Å²) < 4.78 is 10.3. The summed E-state index contributed by atoms with van der Waals surface area (Å²) in [5.41, 5.74) is 17.6. The number of nitrogens with zero attached hydrogens (tertiary/aromatic N) is 5. The van der Waals surface area contributed by atoms with E-state index in [0.29, 0.717) is 11.6 Å². The summed E-state index contributed by atoms with van der Waals surface area (Å²) in [7, 11) is 0. The zero-order valence-electron chi connectivity index (χ0n) is 40.3. The topological polar surface area (TPSA) is 69.6 Å². The van der Waals surface area contributed by atoms with Crippen LogP contribution in [0.25, 0.3) is 72.7 Å². The summed E-state index contributed by atoms with van der Waals surface area (Å²) in [6, 6.07) is 51.3. The van der Waals surface area contributed by atoms with E-state index in [1.165, 1.54) is 32.2 Å². The Morgan fingerprint density at radius 1 is 0.701 bits per heavy atom. The molecule has 0 saturated heterocycles. The number of hydrogen-bond donors (Lipinski definition) is 0. The second kappa shape index (κ2) is 19.0. The minimum atomic E-state index is -2.01. The van der Waals surface area contributed by atoms with Crippen molar-refractivity contribution in [3.63, 3.8) is 0 Å². The number of imidazole rings is 1. The molecule has 5 aromatic heterocycles. The molecule has 1 atom stereocenters. The molecule has 5 heterocycles. The van der Waals surface area contributed by atoms with E-state index in [-0.39, 0.29) is 25.5 Å². The van der Waals surface area contributed by atoms with E-state index < -0.39 is 13.3 Å². The van der Waals surface area contributed by atoms with Crippen LogP contribution in [0.2, 0.25) is 17.3 Å². The maximum atomic E-state index is 6.62. The van der Waals surface area contributed by atoms with Crippen molar-refractivity contribution >= 4 is 50.8 Å². The number of aromatic nitrogens is 5. The van der Waals surface area contributed by atoms with Crippen LogP contribution in [0.5, 0.6) is 0 Å². The molecule has 6 nitrogen and oxygen atoms in total. The molecule has 0 aliphatic heterocycles. The van der Waals surface area contributed by atoms with E-state index in [9.17, 15) is 0 Å². The van der Waals surface area contributed by atoms with E-state index in [1.807, 2.05) is 43.5 Å². The van der Waals surface area contributed by atoms with Crippen molar-refractivity contribution in [1.29, 1.82) is 0 Å². The third-order valence-corrected chi connectivity index (χ3v) is 17.0. The molecule has 0 aliphatic carbocycles. The molecule has 8 heteroatoms. The number of fused-ring (bicyclic) bond motifs is 4. The molecule has 10 aromatic rings. The Bertz CT molecular complexity index is 3360. The van der Waals surface area contributed by atoms with Crippen LogP contribution >= 0.6 is 0 Å². The number of furan rings is 1. The summed E-state index contributed by atoms with van der Waals surface area (Å²) in [5.74, 6) is 8.45. The van der Waals surface area contributed by atoms with E-state index in [2.05, 4.69) is 191 Å². The van der Waals surface area contributed by atoms with Crippen LogP contribution in [-0.2, 0) is 25.5 Å². The van der Waals surface area contributed by atoms with Crippen molar-refractivity contribution in [3.05, 3.63) is 191 Å². The molecular weight excluding hydrogens is 1060 g/mol. The first-order chi connectivity index (χ1) is 31.6. The molecule has 1 unspecified atom stereocenters. The van der Waals surface area contributed by atoms with Gasteiger partial charge in [-0.2, -0.15) is 0 Å². The van der Waals surface area contributed by atoms with Crippen molar-refractivity contribution in [2.75, 3.05) is 0 Å². The van der Waals surface area contributed by atoms with Gasteiger partial charge in [-0.1, -0.05) is 69.0 Å². The van der Waals surface area contributed by atoms with Crippen LogP contribution < -0.4 is 4.40 Å². The standard InChI is InChI=1S/C37H33N4O.C22H24GeN.Ir/c1-21-9-8-10-22(2)32(21)29-18-17-27-33-23(3)11-16-28(34(33)42-36(27)40-29)35-39-30-19-24(4)38-20-31(30)41(35)26-14-12-25(13-15-26)37(5,6)7;1-17(18-11-7-5-8-12-18)20-15-22(19-13-9-6-10-14-19)24-16-21(20)23(2,3)4;/h8-15,17-20H,1-7H3;5-13,15-17H,1-4H3;/q2*-1;. The minimum absolute atomic E-state index is 0. The third kappa shape index (κ3) is 9.47. The predicted octanol–water partition coefficient (Wildman–Crippen LogP) is 14.6. The number of pyridine rings is 3. The fourth-order valence-electron chi connectivity index (χ4n) is 9.08. The Morgan fingerprint density at radius 2 is 1.42 bits per heavy atom. The first kappa shape index (κ1) is 47.5. The molecule has 0 N–H and O–H groups in total. The Labute approximate surface area is 411 Å². The van der Waals surface area contributed by atoms with Gasteiger partial charge in [0, 0.05) is 42.4 Å². The normalized spacial score (nSPS) is 12.2. The Hall–Kier alpha value is -5.99. The second-order valence-electron chi connectivity index (χ2n) is 19.7. The quantitative estimate of drug-likeness (QED) is 0.117. The van der Waals surface area contributed by atoms with E-state index in [0.717, 1.165) is 78.2 Å². The number of benzene rings is 5. The van der Waals surface area contributed by atoms with Gasteiger partial charge < -0.3 is 8.98 Å². The predicted molar refractivity (Wildman–Crippen MR) is 277 cm³/mol. The van der Waals surface area contributed by atoms with Crippen LogP contribution in [-0.4, -0.2) is 37.8 Å². The van der Waals surface area contributed by atoms with Crippen LogP contribution in [0.15, 0.2) is 144 Å². The molecular formula is C59H57GeIrN5O-2. The van der Waals surface area contributed by atoms with Crippen molar-refractivity contribution in [2.45, 2.75) is 84.0 Å². The molecule has 0 bridgehead atoms. The summed E-state index contributed by atoms with van der Waals surface area (Å²) >= 11 is -2.01. The van der Waals surface area contributed by atoms with E-state index >= 15 is 0 Å². The Morgan fingerprint density at radius 3 is 2.09 bits per heavy atom. The first-order valence-electron chi connectivity index (χ1n) is 22.9. The average Bonchev–Trinajstić information content (AvgIpc) is 3.88. The van der Waals surface area contributed by atoms with Crippen LogP contribution in [0.4, 0.5) is 0 Å². The van der Waals surface area contributed by atoms with Gasteiger partial charge in [0.1, 0.15) is 0 Å². The van der Waals surface area contributed by atoms with E-state index in [4.69, 9.17) is 19.4 Å². The third-order valence-electron chi connectivity index (χ3n) is 12.7. The monoisotopic (exact) mass is 1120 g/mol. The second-order valence-corrected chi connectivity index (χ2v) is 30.2. The van der Waals surface area contributed by atoms with E-state index in [1.54, 1.807) is 0 Å². The van der Waals surface area contributed by atoms with Gasteiger partial charge in [-0.25, -0.2) is 4.98 Å². The molecule has 0 saturated carbocycles. The van der Waals surface area contributed by atoms with Crippen molar-refractivity contribution < 1.29 is 24.5 Å². The zero-order valence-corrected chi connectivity index (χ0v) is 44.8. The number of rotatable bonds is 7. The van der Waals surface area contributed by atoms with Gasteiger partial charge in [0.2, 0.25) is 5.71 Å². The van der Waals surface area contributed by atoms with Crippen molar-refractivity contribution in [3.8, 4) is 39.6 Å². The SMILES string of the molecule is CC(c1ccccc1)c1cc(-c2[c-]cccc2)nc[c]1[Ge]([CH3])([CH3])[CH3].Cc1cc2nc(-c3[c-]cc(C)c4c3oc3nc(-c5c(C)cccc5C)ccc34)n(-c3ccc(C(C)(C)C)cc3)c2cn1.[Ir]. The summed E-state index contributed by atoms with van der Waals surface area (Å²) in [6.07, 6.45) is 4.03. The number of hydrogen-bond acceptors (Lipinski definition) is 5. The fraction of sp³-hybridized carbons (Fsp3) is 0.220.